The summed E-state index contributed by atoms with van der Waals surface area (Å²) in [7, 11) is 1.31. The van der Waals surface area contributed by atoms with Crippen LogP contribution in [0.4, 0.5) is 0 Å². The number of carboxylic acids is 1. The van der Waals surface area contributed by atoms with Gasteiger partial charge in [0.2, 0.25) is 0 Å². The van der Waals surface area contributed by atoms with E-state index in [2.05, 4.69) is 4.74 Å². The van der Waals surface area contributed by atoms with Gasteiger partial charge in [-0.15, -0.1) is 0 Å². The molecule has 0 spiro atoms. The Kier molecular flexibility index (Phi) is 8.91. The zero-order valence-electron chi connectivity index (χ0n) is 12.2. The molecule has 0 aromatic heterocycles. The molecule has 1 aliphatic rings. The number of allylic oxidation sites excluding steroid dienone is 3. The molecular formula is C14H22N2O5. The number of ketones is 1. The van der Waals surface area contributed by atoms with E-state index in [1.807, 2.05) is 12.2 Å². The summed E-state index contributed by atoms with van der Waals surface area (Å²) in [6.45, 7) is 1.58. The average molecular weight is 298 g/mol. The highest BCUT2D eigenvalue weighted by Crippen LogP contribution is 2.13. The minimum Gasteiger partial charge on any atom is -0.481 e. The van der Waals surface area contributed by atoms with E-state index in [0.717, 1.165) is 6.42 Å². The van der Waals surface area contributed by atoms with Gasteiger partial charge in [0.1, 0.15) is 6.04 Å². The number of rotatable bonds is 5. The van der Waals surface area contributed by atoms with Gasteiger partial charge in [0.15, 0.2) is 5.78 Å². The summed E-state index contributed by atoms with van der Waals surface area (Å²) < 4.78 is 4.25. The Hall–Kier alpha value is -1.99. The lowest BCUT2D eigenvalue weighted by atomic mass is 9.96. The first kappa shape index (κ1) is 19.0. The van der Waals surface area contributed by atoms with E-state index >= 15 is 0 Å². The third-order valence-corrected chi connectivity index (χ3v) is 2.63. The summed E-state index contributed by atoms with van der Waals surface area (Å²) in [6.07, 6.45) is 6.62. The van der Waals surface area contributed by atoms with Crippen molar-refractivity contribution >= 4 is 17.7 Å². The third kappa shape index (κ3) is 8.01. The highest BCUT2D eigenvalue weighted by molar-refractivity contribution is 6.01. The molecule has 7 heteroatoms. The Labute approximate surface area is 123 Å². The average Bonchev–Trinajstić information content (AvgIpc) is 2.46. The second-order valence-corrected chi connectivity index (χ2v) is 4.52. The van der Waals surface area contributed by atoms with Crippen LogP contribution in [-0.2, 0) is 19.1 Å². The lowest BCUT2D eigenvalue weighted by molar-refractivity contribution is -0.141. The highest BCUT2D eigenvalue weighted by atomic mass is 16.5. The van der Waals surface area contributed by atoms with Gasteiger partial charge in [-0.05, 0) is 25.3 Å². The molecule has 0 radical (unpaired) electrons. The number of hydrogen-bond acceptors (Lipinski definition) is 6. The van der Waals surface area contributed by atoms with E-state index in [9.17, 15) is 14.4 Å². The zero-order chi connectivity index (χ0) is 16.4. The van der Waals surface area contributed by atoms with Crippen molar-refractivity contribution in [2.45, 2.75) is 38.3 Å². The van der Waals surface area contributed by atoms with Gasteiger partial charge < -0.3 is 21.3 Å². The second-order valence-electron chi connectivity index (χ2n) is 4.52. The topological polar surface area (TPSA) is 133 Å². The van der Waals surface area contributed by atoms with Crippen LogP contribution < -0.4 is 11.5 Å². The number of methoxy groups -OCH3 is 1. The van der Waals surface area contributed by atoms with Crippen molar-refractivity contribution in [2.75, 3.05) is 7.11 Å². The van der Waals surface area contributed by atoms with Crippen molar-refractivity contribution in [3.05, 3.63) is 23.8 Å². The van der Waals surface area contributed by atoms with E-state index in [1.165, 1.54) is 7.11 Å². The number of Topliss-reactive ketones (excluding diaryl/α,β-unsaturated/α-hetero) is 1. The van der Waals surface area contributed by atoms with Crippen LogP contribution in [0.1, 0.15) is 26.2 Å². The molecule has 2 unspecified atom stereocenters. The first-order chi connectivity index (χ1) is 9.79. The van der Waals surface area contributed by atoms with Crippen molar-refractivity contribution in [3.8, 4) is 0 Å². The number of carbonyl (C=O) groups excluding carboxylic acids is 2. The van der Waals surface area contributed by atoms with E-state index in [4.69, 9.17) is 16.6 Å². The lowest BCUT2D eigenvalue weighted by Crippen LogP contribution is -2.34. The first-order valence-electron chi connectivity index (χ1n) is 6.48. The Morgan fingerprint density at radius 2 is 1.95 bits per heavy atom. The second kappa shape index (κ2) is 9.84. The number of aliphatic carboxylic acids is 1. The first-order valence-corrected chi connectivity index (χ1v) is 6.48. The standard InChI is InChI=1S/C10H13NO3.C4H9NO2/c11-8(6-9(12)13)10(14)7-4-2-1-3-5-7;1-3(5)4(6)7-2/h1-2,5,8H,3-4,6,11H2,(H,12,13);3H,5H2,1-2H3. The minimum absolute atomic E-state index is 0.253. The molecule has 0 aliphatic heterocycles. The fraction of sp³-hybridized carbons (Fsp3) is 0.500. The Bertz CT molecular complexity index is 441. The number of esters is 1. The van der Waals surface area contributed by atoms with Crippen molar-refractivity contribution in [1.82, 2.24) is 0 Å². The fourth-order valence-corrected chi connectivity index (χ4v) is 1.51. The maximum absolute atomic E-state index is 11.5. The van der Waals surface area contributed by atoms with Crippen LogP contribution in [0.2, 0.25) is 0 Å². The fourth-order valence-electron chi connectivity index (χ4n) is 1.51. The largest absolute Gasteiger partial charge is 0.481 e. The van der Waals surface area contributed by atoms with Crippen LogP contribution in [0.5, 0.6) is 0 Å². The molecule has 21 heavy (non-hydrogen) atoms. The number of nitrogens with two attached hydrogens (primary N) is 2. The predicted octanol–water partition coefficient (Wildman–Crippen LogP) is 0.141. The summed E-state index contributed by atoms with van der Waals surface area (Å²) in [6, 6.07) is -1.41. The van der Waals surface area contributed by atoms with E-state index < -0.39 is 18.1 Å². The predicted molar refractivity (Wildman–Crippen MR) is 77.4 cm³/mol. The molecule has 0 fully saturated rings. The maximum Gasteiger partial charge on any atom is 0.322 e. The van der Waals surface area contributed by atoms with Gasteiger partial charge in [0.05, 0.1) is 19.6 Å². The molecule has 7 nitrogen and oxygen atoms in total. The van der Waals surface area contributed by atoms with Gasteiger partial charge in [-0.2, -0.15) is 0 Å². The minimum atomic E-state index is -1.04. The summed E-state index contributed by atoms with van der Waals surface area (Å²) >= 11 is 0. The number of carboxylic acid groups (broad SMARTS) is 1. The lowest BCUT2D eigenvalue weighted by Gasteiger charge is -2.11. The van der Waals surface area contributed by atoms with Crippen LogP contribution in [0.25, 0.3) is 0 Å². The summed E-state index contributed by atoms with van der Waals surface area (Å²) in [5.41, 5.74) is 11.2. The normalized spacial score (nSPS) is 15.9. The van der Waals surface area contributed by atoms with Crippen LogP contribution in [0.15, 0.2) is 23.8 Å². The Morgan fingerprint density at radius 1 is 1.33 bits per heavy atom. The van der Waals surface area contributed by atoms with Gasteiger partial charge in [-0.1, -0.05) is 18.2 Å². The van der Waals surface area contributed by atoms with Crippen molar-refractivity contribution in [3.63, 3.8) is 0 Å². The molecule has 0 saturated heterocycles. The van der Waals surface area contributed by atoms with Crippen LogP contribution in [0.3, 0.4) is 0 Å². The summed E-state index contributed by atoms with van der Waals surface area (Å²) in [4.78, 5) is 32.0. The number of hydrogen-bond donors (Lipinski definition) is 3. The molecule has 0 bridgehead atoms. The zero-order valence-corrected chi connectivity index (χ0v) is 12.2. The molecule has 0 saturated carbocycles. The number of ether oxygens (including phenoxy) is 1. The van der Waals surface area contributed by atoms with Gasteiger partial charge >= 0.3 is 11.9 Å². The van der Waals surface area contributed by atoms with E-state index in [0.29, 0.717) is 12.0 Å². The van der Waals surface area contributed by atoms with E-state index in [-0.39, 0.29) is 18.2 Å². The molecule has 0 aromatic carbocycles. The monoisotopic (exact) mass is 298 g/mol. The highest BCUT2D eigenvalue weighted by Gasteiger charge is 2.20. The molecule has 118 valence electrons. The molecule has 1 rings (SSSR count). The summed E-state index contributed by atoms with van der Waals surface area (Å²) in [5, 5.41) is 8.47. The third-order valence-electron chi connectivity index (χ3n) is 2.63. The summed E-state index contributed by atoms with van der Waals surface area (Å²) in [5.74, 6) is -1.67. The smallest absolute Gasteiger partial charge is 0.322 e. The van der Waals surface area contributed by atoms with Gasteiger partial charge in [-0.25, -0.2) is 0 Å². The van der Waals surface area contributed by atoms with E-state index in [1.54, 1.807) is 13.0 Å². The molecule has 1 aliphatic carbocycles. The van der Waals surface area contributed by atoms with Crippen molar-refractivity contribution in [1.29, 1.82) is 0 Å². The Balaban J connectivity index is 0.000000486. The molecule has 2 atom stereocenters. The molecule has 5 N–H and O–H groups in total. The Morgan fingerprint density at radius 3 is 2.29 bits per heavy atom. The van der Waals surface area contributed by atoms with Crippen LogP contribution >= 0.6 is 0 Å². The van der Waals surface area contributed by atoms with Gasteiger partial charge in [-0.3, -0.25) is 14.4 Å². The quantitative estimate of drug-likeness (QED) is 0.485. The molecule has 0 amide bonds. The molecule has 0 aromatic rings. The molecule has 0 heterocycles. The van der Waals surface area contributed by atoms with Gasteiger partial charge in [0.25, 0.3) is 0 Å². The maximum atomic E-state index is 11.5. The molecular weight excluding hydrogens is 276 g/mol. The van der Waals surface area contributed by atoms with Crippen molar-refractivity contribution < 1.29 is 24.2 Å². The van der Waals surface area contributed by atoms with Gasteiger partial charge in [0, 0.05) is 0 Å². The SMILES string of the molecule is COC(=O)C(C)N.NC(CC(=O)O)C(=O)C1=CCC=CC1. The number of carbonyl (C=O) groups is 3. The van der Waals surface area contributed by atoms with Crippen LogP contribution in [0, 0.1) is 0 Å². The van der Waals surface area contributed by atoms with Crippen molar-refractivity contribution in [2.24, 2.45) is 11.5 Å². The van der Waals surface area contributed by atoms with Crippen LogP contribution in [-0.4, -0.2) is 42.0 Å².